The highest BCUT2D eigenvalue weighted by Crippen LogP contribution is 2.14. The Morgan fingerprint density at radius 1 is 1.04 bits per heavy atom. The van der Waals surface area contributed by atoms with Gasteiger partial charge in [-0.05, 0) is 42.9 Å². The molecule has 0 aliphatic heterocycles. The summed E-state index contributed by atoms with van der Waals surface area (Å²) in [5.41, 5.74) is 1.88. The quantitative estimate of drug-likeness (QED) is 0.378. The molecule has 0 heterocycles. The average Bonchev–Trinajstić information content (AvgIpc) is 2.55. The molecular weight excluding hydrogens is 300 g/mol. The summed E-state index contributed by atoms with van der Waals surface area (Å²) in [5, 5.41) is 0. The van der Waals surface area contributed by atoms with E-state index in [1.807, 2.05) is 24.3 Å². The summed E-state index contributed by atoms with van der Waals surface area (Å²) in [5.74, 6) is 0.510. The maximum Gasteiger partial charge on any atom is 0.338 e. The summed E-state index contributed by atoms with van der Waals surface area (Å²) in [6.45, 7) is 7.12. The fraction of sp³-hybridized carbons (Fsp3) is 0.667. The summed E-state index contributed by atoms with van der Waals surface area (Å²) in [4.78, 5) is 12.3. The number of hydrogen-bond acceptors (Lipinski definition) is 3. The highest BCUT2D eigenvalue weighted by Gasteiger charge is 2.16. The lowest BCUT2D eigenvalue weighted by Crippen LogP contribution is -2.23. The highest BCUT2D eigenvalue weighted by atomic mass is 16.6. The standard InChI is InChI=1S/C21H34O3/c1-5-9-18-12-14-19(15-13-18)21(22)24-20(16-23-4)11-8-6-7-10-17(2)3/h12-15,17,20H,5-11,16H2,1-4H3. The van der Waals surface area contributed by atoms with E-state index in [0.717, 1.165) is 31.6 Å². The SMILES string of the molecule is CCCc1ccc(C(=O)OC(CCCCCC(C)C)COC)cc1. The lowest BCUT2D eigenvalue weighted by Gasteiger charge is -2.17. The predicted molar refractivity (Wildman–Crippen MR) is 99.4 cm³/mol. The number of methoxy groups -OCH3 is 1. The average molecular weight is 334 g/mol. The first-order valence-corrected chi connectivity index (χ1v) is 9.35. The Hall–Kier alpha value is -1.35. The second-order valence-electron chi connectivity index (χ2n) is 6.96. The summed E-state index contributed by atoms with van der Waals surface area (Å²) in [7, 11) is 1.65. The van der Waals surface area contributed by atoms with Crippen LogP contribution in [0.2, 0.25) is 0 Å². The zero-order valence-corrected chi connectivity index (χ0v) is 15.8. The van der Waals surface area contributed by atoms with E-state index < -0.39 is 0 Å². The number of carbonyl (C=O) groups excluding carboxylic acids is 1. The predicted octanol–water partition coefficient (Wildman–Crippen LogP) is 5.42. The Morgan fingerprint density at radius 2 is 1.71 bits per heavy atom. The van der Waals surface area contributed by atoms with Crippen molar-refractivity contribution in [3.05, 3.63) is 35.4 Å². The zero-order valence-electron chi connectivity index (χ0n) is 15.8. The van der Waals surface area contributed by atoms with E-state index in [2.05, 4.69) is 20.8 Å². The van der Waals surface area contributed by atoms with Crippen LogP contribution in [0.4, 0.5) is 0 Å². The molecule has 1 rings (SSSR count). The van der Waals surface area contributed by atoms with Crippen LogP contribution in [0.5, 0.6) is 0 Å². The largest absolute Gasteiger partial charge is 0.456 e. The number of esters is 1. The maximum absolute atomic E-state index is 12.3. The van der Waals surface area contributed by atoms with Gasteiger partial charge in [0.15, 0.2) is 0 Å². The van der Waals surface area contributed by atoms with Crippen LogP contribution in [-0.2, 0) is 15.9 Å². The first-order chi connectivity index (χ1) is 11.6. The Morgan fingerprint density at radius 3 is 2.29 bits per heavy atom. The molecule has 0 spiro atoms. The van der Waals surface area contributed by atoms with Crippen molar-refractivity contribution in [3.63, 3.8) is 0 Å². The molecule has 0 aliphatic rings. The van der Waals surface area contributed by atoms with Crippen molar-refractivity contribution in [1.82, 2.24) is 0 Å². The molecule has 24 heavy (non-hydrogen) atoms. The van der Waals surface area contributed by atoms with Crippen LogP contribution >= 0.6 is 0 Å². The Balaban J connectivity index is 2.43. The second kappa shape index (κ2) is 12.1. The number of rotatable bonds is 12. The third-order valence-corrected chi connectivity index (χ3v) is 4.16. The fourth-order valence-corrected chi connectivity index (χ4v) is 2.78. The van der Waals surface area contributed by atoms with Crippen molar-refractivity contribution in [1.29, 1.82) is 0 Å². The number of unbranched alkanes of at least 4 members (excludes halogenated alkanes) is 2. The number of ether oxygens (including phenoxy) is 2. The van der Waals surface area contributed by atoms with Gasteiger partial charge < -0.3 is 9.47 Å². The molecule has 0 N–H and O–H groups in total. The highest BCUT2D eigenvalue weighted by molar-refractivity contribution is 5.89. The summed E-state index contributed by atoms with van der Waals surface area (Å²) in [6.07, 6.45) is 7.62. The Bertz CT molecular complexity index is 451. The van der Waals surface area contributed by atoms with Gasteiger partial charge in [0.2, 0.25) is 0 Å². The smallest absolute Gasteiger partial charge is 0.338 e. The number of benzene rings is 1. The van der Waals surface area contributed by atoms with Crippen molar-refractivity contribution in [3.8, 4) is 0 Å². The lowest BCUT2D eigenvalue weighted by molar-refractivity contribution is 0.00236. The normalized spacial score (nSPS) is 12.4. The van der Waals surface area contributed by atoms with Crippen molar-refractivity contribution >= 4 is 5.97 Å². The summed E-state index contributed by atoms with van der Waals surface area (Å²) < 4.78 is 10.9. The van der Waals surface area contributed by atoms with Crippen molar-refractivity contribution in [2.75, 3.05) is 13.7 Å². The van der Waals surface area contributed by atoms with Crippen LogP contribution in [-0.4, -0.2) is 25.8 Å². The third kappa shape index (κ3) is 8.49. The minimum absolute atomic E-state index is 0.156. The molecule has 0 aliphatic carbocycles. The van der Waals surface area contributed by atoms with Crippen LogP contribution in [0.3, 0.4) is 0 Å². The van der Waals surface area contributed by atoms with E-state index in [4.69, 9.17) is 9.47 Å². The second-order valence-corrected chi connectivity index (χ2v) is 6.96. The van der Waals surface area contributed by atoms with E-state index >= 15 is 0 Å². The van der Waals surface area contributed by atoms with Crippen LogP contribution in [0.15, 0.2) is 24.3 Å². The monoisotopic (exact) mass is 334 g/mol. The van der Waals surface area contributed by atoms with Gasteiger partial charge in [0.1, 0.15) is 6.10 Å². The maximum atomic E-state index is 12.3. The van der Waals surface area contributed by atoms with E-state index in [0.29, 0.717) is 12.2 Å². The first kappa shape index (κ1) is 20.7. The van der Waals surface area contributed by atoms with Gasteiger partial charge in [-0.15, -0.1) is 0 Å². The van der Waals surface area contributed by atoms with E-state index in [1.54, 1.807) is 7.11 Å². The van der Waals surface area contributed by atoms with Gasteiger partial charge >= 0.3 is 5.97 Å². The summed E-state index contributed by atoms with van der Waals surface area (Å²) >= 11 is 0. The molecule has 0 saturated carbocycles. The van der Waals surface area contributed by atoms with Crippen LogP contribution in [0, 0.1) is 5.92 Å². The molecule has 1 aromatic rings. The van der Waals surface area contributed by atoms with Crippen LogP contribution < -0.4 is 0 Å². The third-order valence-electron chi connectivity index (χ3n) is 4.16. The molecule has 0 bridgehead atoms. The van der Waals surface area contributed by atoms with Gasteiger partial charge in [0.25, 0.3) is 0 Å². The topological polar surface area (TPSA) is 35.5 Å². The van der Waals surface area contributed by atoms with Gasteiger partial charge in [-0.25, -0.2) is 4.79 Å². The van der Waals surface area contributed by atoms with Gasteiger partial charge in [-0.3, -0.25) is 0 Å². The van der Waals surface area contributed by atoms with Crippen LogP contribution in [0.25, 0.3) is 0 Å². The van der Waals surface area contributed by atoms with Crippen LogP contribution in [0.1, 0.15) is 75.2 Å². The molecule has 0 radical (unpaired) electrons. The van der Waals surface area contributed by atoms with Gasteiger partial charge in [0.05, 0.1) is 12.2 Å². The lowest BCUT2D eigenvalue weighted by atomic mass is 10.0. The number of carbonyl (C=O) groups is 1. The minimum atomic E-state index is -0.248. The van der Waals surface area contributed by atoms with Gasteiger partial charge in [-0.2, -0.15) is 0 Å². The van der Waals surface area contributed by atoms with Crippen molar-refractivity contribution in [2.24, 2.45) is 5.92 Å². The number of aryl methyl sites for hydroxylation is 1. The van der Waals surface area contributed by atoms with Gasteiger partial charge in [0, 0.05) is 7.11 Å². The van der Waals surface area contributed by atoms with Crippen molar-refractivity contribution < 1.29 is 14.3 Å². The Labute approximate surface area is 147 Å². The molecular formula is C21H34O3. The molecule has 3 nitrogen and oxygen atoms in total. The molecule has 1 unspecified atom stereocenters. The van der Waals surface area contributed by atoms with Gasteiger partial charge in [-0.1, -0.05) is 58.6 Å². The van der Waals surface area contributed by atoms with Crippen molar-refractivity contribution in [2.45, 2.75) is 71.8 Å². The summed E-state index contributed by atoms with van der Waals surface area (Å²) in [6, 6.07) is 7.74. The number of hydrogen-bond donors (Lipinski definition) is 0. The molecule has 1 atom stereocenters. The fourth-order valence-electron chi connectivity index (χ4n) is 2.78. The molecule has 0 fully saturated rings. The van der Waals surface area contributed by atoms with E-state index in [9.17, 15) is 4.79 Å². The Kier molecular flexibility index (Phi) is 10.4. The van der Waals surface area contributed by atoms with E-state index in [-0.39, 0.29) is 12.1 Å². The minimum Gasteiger partial charge on any atom is -0.456 e. The first-order valence-electron chi connectivity index (χ1n) is 9.35. The molecule has 136 valence electrons. The van der Waals surface area contributed by atoms with E-state index in [1.165, 1.54) is 24.8 Å². The molecule has 0 amide bonds. The molecule has 1 aromatic carbocycles. The molecule has 0 aromatic heterocycles. The molecule has 3 heteroatoms. The molecule has 0 saturated heterocycles. The zero-order chi connectivity index (χ0) is 17.8.